The van der Waals surface area contributed by atoms with Crippen LogP contribution in [0.1, 0.15) is 30.6 Å². The summed E-state index contributed by atoms with van der Waals surface area (Å²) in [5, 5.41) is 0. The van der Waals surface area contributed by atoms with E-state index in [4.69, 9.17) is 10.5 Å². The van der Waals surface area contributed by atoms with E-state index in [9.17, 15) is 0 Å². The highest BCUT2D eigenvalue weighted by molar-refractivity contribution is 5.24. The third-order valence-corrected chi connectivity index (χ3v) is 2.24. The standard InChI is InChI=1S/C11H17NO/c1-3-11(13-2)10-6-4-9(8-12)5-7-10/h4-7,11H,3,8,12H2,1-2H3/t11-/m0/s1. The van der Waals surface area contributed by atoms with E-state index in [2.05, 4.69) is 31.2 Å². The van der Waals surface area contributed by atoms with Crippen molar-refractivity contribution in [1.82, 2.24) is 0 Å². The molecule has 0 aliphatic heterocycles. The number of hydrogen-bond acceptors (Lipinski definition) is 2. The van der Waals surface area contributed by atoms with Gasteiger partial charge in [-0.05, 0) is 17.5 Å². The summed E-state index contributed by atoms with van der Waals surface area (Å²) in [4.78, 5) is 0. The third-order valence-electron chi connectivity index (χ3n) is 2.24. The minimum Gasteiger partial charge on any atom is -0.377 e. The van der Waals surface area contributed by atoms with Crippen molar-refractivity contribution in [3.05, 3.63) is 35.4 Å². The number of nitrogens with two attached hydrogens (primary N) is 1. The fourth-order valence-corrected chi connectivity index (χ4v) is 1.41. The third kappa shape index (κ3) is 2.54. The second kappa shape index (κ2) is 5.00. The average molecular weight is 179 g/mol. The zero-order valence-corrected chi connectivity index (χ0v) is 8.29. The van der Waals surface area contributed by atoms with Gasteiger partial charge in [0.15, 0.2) is 0 Å². The molecule has 0 bridgehead atoms. The molecule has 2 heteroatoms. The van der Waals surface area contributed by atoms with Crippen molar-refractivity contribution in [1.29, 1.82) is 0 Å². The predicted molar refractivity (Wildman–Crippen MR) is 54.4 cm³/mol. The van der Waals surface area contributed by atoms with E-state index in [1.807, 2.05) is 0 Å². The van der Waals surface area contributed by atoms with Gasteiger partial charge in [0.2, 0.25) is 0 Å². The lowest BCUT2D eigenvalue weighted by molar-refractivity contribution is 0.100. The Kier molecular flexibility index (Phi) is 3.93. The monoisotopic (exact) mass is 179 g/mol. The van der Waals surface area contributed by atoms with Crippen LogP contribution in [0, 0.1) is 0 Å². The first kappa shape index (κ1) is 10.2. The lowest BCUT2D eigenvalue weighted by Crippen LogP contribution is -2.01. The largest absolute Gasteiger partial charge is 0.377 e. The summed E-state index contributed by atoms with van der Waals surface area (Å²) >= 11 is 0. The highest BCUT2D eigenvalue weighted by atomic mass is 16.5. The van der Waals surface area contributed by atoms with Crippen molar-refractivity contribution in [2.75, 3.05) is 7.11 Å². The van der Waals surface area contributed by atoms with Crippen molar-refractivity contribution in [2.24, 2.45) is 5.73 Å². The Morgan fingerprint density at radius 2 is 1.92 bits per heavy atom. The van der Waals surface area contributed by atoms with Gasteiger partial charge < -0.3 is 10.5 Å². The van der Waals surface area contributed by atoms with E-state index in [1.54, 1.807) is 7.11 Å². The van der Waals surface area contributed by atoms with Crippen LogP contribution in [0.5, 0.6) is 0 Å². The van der Waals surface area contributed by atoms with Crippen LogP contribution in [-0.2, 0) is 11.3 Å². The second-order valence-electron chi connectivity index (χ2n) is 3.08. The van der Waals surface area contributed by atoms with Gasteiger partial charge >= 0.3 is 0 Å². The smallest absolute Gasteiger partial charge is 0.0818 e. The maximum atomic E-state index is 5.51. The van der Waals surface area contributed by atoms with Gasteiger partial charge in [-0.25, -0.2) is 0 Å². The maximum absolute atomic E-state index is 5.51. The SMILES string of the molecule is CC[C@H](OC)c1ccc(CN)cc1. The molecule has 0 spiro atoms. The molecule has 0 aliphatic rings. The van der Waals surface area contributed by atoms with Crippen LogP contribution in [0.2, 0.25) is 0 Å². The molecular weight excluding hydrogens is 162 g/mol. The molecule has 0 saturated carbocycles. The van der Waals surface area contributed by atoms with Crippen LogP contribution < -0.4 is 5.73 Å². The molecule has 13 heavy (non-hydrogen) atoms. The molecule has 1 atom stereocenters. The van der Waals surface area contributed by atoms with Gasteiger partial charge in [-0.2, -0.15) is 0 Å². The Bertz CT molecular complexity index is 239. The van der Waals surface area contributed by atoms with E-state index in [0.29, 0.717) is 6.54 Å². The van der Waals surface area contributed by atoms with Crippen LogP contribution in [0.25, 0.3) is 0 Å². The van der Waals surface area contributed by atoms with Crippen molar-refractivity contribution >= 4 is 0 Å². The van der Waals surface area contributed by atoms with E-state index in [-0.39, 0.29) is 6.10 Å². The molecule has 0 saturated heterocycles. The molecule has 2 nitrogen and oxygen atoms in total. The van der Waals surface area contributed by atoms with Gasteiger partial charge in [0.1, 0.15) is 0 Å². The number of benzene rings is 1. The van der Waals surface area contributed by atoms with Crippen LogP contribution in [0.15, 0.2) is 24.3 Å². The molecule has 0 fully saturated rings. The fraction of sp³-hybridized carbons (Fsp3) is 0.455. The number of methoxy groups -OCH3 is 1. The molecule has 72 valence electrons. The summed E-state index contributed by atoms with van der Waals surface area (Å²) in [6, 6.07) is 8.27. The lowest BCUT2D eigenvalue weighted by Gasteiger charge is -2.13. The van der Waals surface area contributed by atoms with E-state index in [1.165, 1.54) is 5.56 Å². The molecule has 1 rings (SSSR count). The van der Waals surface area contributed by atoms with Crippen LogP contribution in [0.3, 0.4) is 0 Å². The number of hydrogen-bond donors (Lipinski definition) is 1. The Hall–Kier alpha value is -0.860. The molecule has 0 unspecified atom stereocenters. The van der Waals surface area contributed by atoms with Gasteiger partial charge in [0, 0.05) is 13.7 Å². The first-order valence-corrected chi connectivity index (χ1v) is 4.63. The van der Waals surface area contributed by atoms with Gasteiger partial charge in [-0.3, -0.25) is 0 Å². The zero-order valence-electron chi connectivity index (χ0n) is 8.29. The normalized spacial score (nSPS) is 12.8. The highest BCUT2D eigenvalue weighted by Gasteiger charge is 2.06. The van der Waals surface area contributed by atoms with Gasteiger partial charge in [-0.1, -0.05) is 31.2 Å². The van der Waals surface area contributed by atoms with E-state index < -0.39 is 0 Å². The first-order chi connectivity index (χ1) is 6.31. The molecule has 0 amide bonds. The van der Waals surface area contributed by atoms with Crippen molar-refractivity contribution < 1.29 is 4.74 Å². The Morgan fingerprint density at radius 1 is 1.31 bits per heavy atom. The molecular formula is C11H17NO. The molecule has 1 aromatic rings. The Balaban J connectivity index is 2.78. The van der Waals surface area contributed by atoms with Crippen LogP contribution in [-0.4, -0.2) is 7.11 Å². The number of ether oxygens (including phenoxy) is 1. The first-order valence-electron chi connectivity index (χ1n) is 4.63. The summed E-state index contributed by atoms with van der Waals surface area (Å²) in [5.74, 6) is 0. The van der Waals surface area contributed by atoms with Crippen molar-refractivity contribution in [3.63, 3.8) is 0 Å². The van der Waals surface area contributed by atoms with Gasteiger partial charge in [0.25, 0.3) is 0 Å². The number of rotatable bonds is 4. The molecule has 0 aliphatic carbocycles. The maximum Gasteiger partial charge on any atom is 0.0818 e. The molecule has 1 aromatic carbocycles. The lowest BCUT2D eigenvalue weighted by atomic mass is 10.1. The van der Waals surface area contributed by atoms with E-state index in [0.717, 1.165) is 12.0 Å². The van der Waals surface area contributed by atoms with Crippen molar-refractivity contribution in [3.8, 4) is 0 Å². The molecule has 0 aromatic heterocycles. The fourth-order valence-electron chi connectivity index (χ4n) is 1.41. The molecule has 0 heterocycles. The zero-order chi connectivity index (χ0) is 9.68. The topological polar surface area (TPSA) is 35.2 Å². The minimum atomic E-state index is 0.215. The summed E-state index contributed by atoms with van der Waals surface area (Å²) in [7, 11) is 1.74. The van der Waals surface area contributed by atoms with Crippen LogP contribution >= 0.6 is 0 Å². The quantitative estimate of drug-likeness (QED) is 0.769. The van der Waals surface area contributed by atoms with Gasteiger partial charge in [-0.15, -0.1) is 0 Å². The van der Waals surface area contributed by atoms with Crippen molar-refractivity contribution in [2.45, 2.75) is 26.0 Å². The molecule has 0 radical (unpaired) electrons. The summed E-state index contributed by atoms with van der Waals surface area (Å²) in [6.07, 6.45) is 1.21. The summed E-state index contributed by atoms with van der Waals surface area (Å²) < 4.78 is 5.33. The van der Waals surface area contributed by atoms with E-state index >= 15 is 0 Å². The van der Waals surface area contributed by atoms with Gasteiger partial charge in [0.05, 0.1) is 6.10 Å². The predicted octanol–water partition coefficient (Wildman–Crippen LogP) is 2.24. The summed E-state index contributed by atoms with van der Waals surface area (Å²) in [5.41, 5.74) is 7.90. The minimum absolute atomic E-state index is 0.215. The second-order valence-corrected chi connectivity index (χ2v) is 3.08. The van der Waals surface area contributed by atoms with Crippen LogP contribution in [0.4, 0.5) is 0 Å². The highest BCUT2D eigenvalue weighted by Crippen LogP contribution is 2.19. The Morgan fingerprint density at radius 3 is 2.31 bits per heavy atom. The molecule has 2 N–H and O–H groups in total. The average Bonchev–Trinajstić information content (AvgIpc) is 2.21. The summed E-state index contributed by atoms with van der Waals surface area (Å²) in [6.45, 7) is 2.72. The Labute approximate surface area is 79.7 Å².